The van der Waals surface area contributed by atoms with Gasteiger partial charge < -0.3 is 2.85 Å². The minimum absolute atomic E-state index is 0. The van der Waals surface area contributed by atoms with E-state index in [1.165, 1.54) is 0 Å². The van der Waals surface area contributed by atoms with E-state index in [1.807, 2.05) is 0 Å². The molecule has 2 rings (SSSR count). The third-order valence-corrected chi connectivity index (χ3v) is 2.21. The maximum Gasteiger partial charge on any atom is 1.00 e. The van der Waals surface area contributed by atoms with Crippen molar-refractivity contribution >= 4 is 11.9 Å². The van der Waals surface area contributed by atoms with Gasteiger partial charge in [0.15, 0.2) is 0 Å². The van der Waals surface area contributed by atoms with Crippen molar-refractivity contribution in [1.82, 2.24) is 0 Å². The molecule has 0 fully saturated rings. The summed E-state index contributed by atoms with van der Waals surface area (Å²) in [6.45, 7) is 0. The van der Waals surface area contributed by atoms with Crippen molar-refractivity contribution in [2.24, 2.45) is 0 Å². The second-order valence-electron chi connectivity index (χ2n) is 3.47. The van der Waals surface area contributed by atoms with Crippen LogP contribution in [0, 0.1) is 0 Å². The molecule has 0 heterocycles. The van der Waals surface area contributed by atoms with E-state index < -0.39 is 11.9 Å². The van der Waals surface area contributed by atoms with Crippen LogP contribution in [0.4, 0.5) is 0 Å². The van der Waals surface area contributed by atoms with Gasteiger partial charge in [0.2, 0.25) is 0 Å². The van der Waals surface area contributed by atoms with E-state index in [0.29, 0.717) is 11.1 Å². The van der Waals surface area contributed by atoms with Crippen molar-refractivity contribution < 1.29 is 81.3 Å². The third kappa shape index (κ3) is 5.79. The minimum Gasteiger partial charge on any atom is -1.00 e. The molecule has 2 aromatic carbocycles. The molecule has 2 aromatic rings. The van der Waals surface area contributed by atoms with E-state index in [9.17, 15) is 9.59 Å². The van der Waals surface area contributed by atoms with Gasteiger partial charge in [-0.3, -0.25) is 0 Å². The van der Waals surface area contributed by atoms with Crippen molar-refractivity contribution in [3.8, 4) is 0 Å². The molecule has 0 bridgehead atoms. The minimum atomic E-state index is -0.708. The summed E-state index contributed by atoms with van der Waals surface area (Å²) in [4.78, 5) is 31.9. The Hall–Kier alpha value is -0.620. The van der Waals surface area contributed by atoms with Gasteiger partial charge in [0.05, 0.1) is 11.1 Å². The van der Waals surface area contributed by atoms with Gasteiger partial charge in [0.1, 0.15) is 0 Å². The number of rotatable bonds is 2. The SMILES string of the molecule is O=C(OOC(=O)c1ccccc1)c1ccccc1.[H-].[H-].[Na+].[Na+]. The third-order valence-electron chi connectivity index (χ3n) is 2.21. The van der Waals surface area contributed by atoms with Crippen LogP contribution < -0.4 is 59.1 Å². The van der Waals surface area contributed by atoms with E-state index in [0.717, 1.165) is 0 Å². The summed E-state index contributed by atoms with van der Waals surface area (Å²) in [5.74, 6) is -1.42. The molecule has 0 aliphatic rings. The Bertz CT molecular complexity index is 502. The summed E-state index contributed by atoms with van der Waals surface area (Å²) >= 11 is 0. The Morgan fingerprint density at radius 1 is 0.650 bits per heavy atom. The van der Waals surface area contributed by atoms with Gasteiger partial charge in [-0.15, -0.1) is 0 Å². The van der Waals surface area contributed by atoms with Gasteiger partial charge in [-0.05, 0) is 24.3 Å². The number of hydrogen-bond donors (Lipinski definition) is 0. The number of carbonyl (C=O) groups is 2. The molecule has 0 aromatic heterocycles. The standard InChI is InChI=1S/C14H10O4.2Na.2H/c15-13(11-7-3-1-4-8-11)17-18-14(16)12-9-5-2-6-10-12;;;;/h1-10H;;;;/q;2*+1;2*-1. The fourth-order valence-electron chi connectivity index (χ4n) is 1.32. The Kier molecular flexibility index (Phi) is 9.84. The first-order valence-corrected chi connectivity index (χ1v) is 5.30. The van der Waals surface area contributed by atoms with Crippen LogP contribution in [-0.2, 0) is 9.78 Å². The molecule has 0 radical (unpaired) electrons. The van der Waals surface area contributed by atoms with Gasteiger partial charge in [-0.25, -0.2) is 19.4 Å². The van der Waals surface area contributed by atoms with E-state index in [1.54, 1.807) is 60.7 Å². The molecule has 94 valence electrons. The van der Waals surface area contributed by atoms with Crippen LogP contribution in [0.25, 0.3) is 0 Å². The van der Waals surface area contributed by atoms with E-state index in [4.69, 9.17) is 0 Å². The smallest absolute Gasteiger partial charge is 1.00 e. The Morgan fingerprint density at radius 3 is 1.25 bits per heavy atom. The molecular weight excluding hydrogens is 278 g/mol. The first kappa shape index (κ1) is 19.4. The van der Waals surface area contributed by atoms with Crippen LogP contribution in [0.1, 0.15) is 23.6 Å². The fourth-order valence-corrected chi connectivity index (χ4v) is 1.32. The zero-order valence-electron chi connectivity index (χ0n) is 13.4. The summed E-state index contributed by atoms with van der Waals surface area (Å²) in [6, 6.07) is 16.6. The average molecular weight is 290 g/mol. The van der Waals surface area contributed by atoms with Gasteiger partial charge in [0.25, 0.3) is 0 Å². The van der Waals surface area contributed by atoms with Crippen LogP contribution in [0.15, 0.2) is 60.7 Å². The summed E-state index contributed by atoms with van der Waals surface area (Å²) in [7, 11) is 0. The molecule has 0 amide bonds. The molecule has 0 aliphatic heterocycles. The molecule has 6 heteroatoms. The molecule has 0 saturated heterocycles. The number of carbonyl (C=O) groups excluding carboxylic acids is 2. The van der Waals surface area contributed by atoms with Gasteiger partial charge in [-0.2, -0.15) is 0 Å². The van der Waals surface area contributed by atoms with Gasteiger partial charge >= 0.3 is 71.1 Å². The molecule has 20 heavy (non-hydrogen) atoms. The van der Waals surface area contributed by atoms with E-state index >= 15 is 0 Å². The van der Waals surface area contributed by atoms with Crippen molar-refractivity contribution in [2.75, 3.05) is 0 Å². The monoisotopic (exact) mass is 290 g/mol. The molecule has 0 atom stereocenters. The summed E-state index contributed by atoms with van der Waals surface area (Å²) in [6.07, 6.45) is 0. The van der Waals surface area contributed by atoms with Gasteiger partial charge in [-0.1, -0.05) is 36.4 Å². The molecular formula is C14H12Na2O4. The molecule has 0 saturated carbocycles. The second kappa shape index (κ2) is 10.2. The number of benzene rings is 2. The zero-order chi connectivity index (χ0) is 12.8. The Labute approximate surface area is 163 Å². The van der Waals surface area contributed by atoms with Crippen LogP contribution in [0.5, 0.6) is 0 Å². The molecule has 0 unspecified atom stereocenters. The van der Waals surface area contributed by atoms with Crippen molar-refractivity contribution in [1.29, 1.82) is 0 Å². The predicted octanol–water partition coefficient (Wildman–Crippen LogP) is -3.15. The molecule has 0 aliphatic carbocycles. The van der Waals surface area contributed by atoms with Crippen molar-refractivity contribution in [3.05, 3.63) is 71.8 Å². The first-order valence-electron chi connectivity index (χ1n) is 5.30. The van der Waals surface area contributed by atoms with Crippen LogP contribution >= 0.6 is 0 Å². The second-order valence-corrected chi connectivity index (χ2v) is 3.47. The fraction of sp³-hybridized carbons (Fsp3) is 0. The molecule has 0 N–H and O–H groups in total. The summed E-state index contributed by atoms with van der Waals surface area (Å²) in [5, 5.41) is 0. The maximum atomic E-state index is 11.5. The van der Waals surface area contributed by atoms with Crippen LogP contribution in [0.2, 0.25) is 0 Å². The first-order chi connectivity index (χ1) is 8.77. The maximum absolute atomic E-state index is 11.5. The predicted molar refractivity (Wildman–Crippen MR) is 65.9 cm³/mol. The van der Waals surface area contributed by atoms with Crippen molar-refractivity contribution in [3.63, 3.8) is 0 Å². The molecule has 4 nitrogen and oxygen atoms in total. The number of hydrogen-bond acceptors (Lipinski definition) is 4. The van der Waals surface area contributed by atoms with E-state index in [2.05, 4.69) is 9.78 Å². The van der Waals surface area contributed by atoms with Crippen molar-refractivity contribution in [2.45, 2.75) is 0 Å². The van der Waals surface area contributed by atoms with Crippen LogP contribution in [-0.4, -0.2) is 11.9 Å². The largest absolute Gasteiger partial charge is 1.00 e. The average Bonchev–Trinajstić information content (AvgIpc) is 2.46. The van der Waals surface area contributed by atoms with Gasteiger partial charge in [0, 0.05) is 0 Å². The van der Waals surface area contributed by atoms with Crippen LogP contribution in [0.3, 0.4) is 0 Å². The summed E-state index contributed by atoms with van der Waals surface area (Å²) in [5.41, 5.74) is 0.636. The quantitative estimate of drug-likeness (QED) is 0.333. The summed E-state index contributed by atoms with van der Waals surface area (Å²) < 4.78 is 0. The Morgan fingerprint density at radius 2 is 0.950 bits per heavy atom. The normalized spacial score (nSPS) is 8.60. The molecule has 0 spiro atoms. The zero-order valence-corrected chi connectivity index (χ0v) is 15.4. The topological polar surface area (TPSA) is 52.6 Å². The van der Waals surface area contributed by atoms with E-state index in [-0.39, 0.29) is 62.0 Å². The Balaban J connectivity index is -0.000000902.